The third-order valence-electron chi connectivity index (χ3n) is 2.08. The van der Waals surface area contributed by atoms with Crippen LogP contribution in [0.5, 0.6) is 0 Å². The molecular formula is C11H11F3O. The van der Waals surface area contributed by atoms with Gasteiger partial charge < -0.3 is 0 Å². The first-order valence-electron chi connectivity index (χ1n) is 4.61. The first-order valence-corrected chi connectivity index (χ1v) is 4.61. The van der Waals surface area contributed by atoms with E-state index in [9.17, 15) is 18.0 Å². The Labute approximate surface area is 85.9 Å². The SMILES string of the molecule is CCC(=O)Cc1ccc(C(F)(F)F)cc1. The van der Waals surface area contributed by atoms with Gasteiger partial charge in [-0.1, -0.05) is 19.1 Å². The molecule has 0 saturated heterocycles. The fourth-order valence-corrected chi connectivity index (χ4v) is 1.16. The summed E-state index contributed by atoms with van der Waals surface area (Å²) in [4.78, 5) is 11.0. The number of hydrogen-bond acceptors (Lipinski definition) is 1. The summed E-state index contributed by atoms with van der Waals surface area (Å²) < 4.78 is 36.5. The molecule has 1 rings (SSSR count). The minimum absolute atomic E-state index is 0.0229. The molecule has 0 aliphatic carbocycles. The molecule has 0 saturated carbocycles. The Bertz CT molecular complexity index is 338. The van der Waals surface area contributed by atoms with Gasteiger partial charge in [-0.25, -0.2) is 0 Å². The van der Waals surface area contributed by atoms with Crippen molar-refractivity contribution in [1.82, 2.24) is 0 Å². The van der Waals surface area contributed by atoms with Crippen LogP contribution in [-0.4, -0.2) is 5.78 Å². The highest BCUT2D eigenvalue weighted by molar-refractivity contribution is 5.80. The molecule has 15 heavy (non-hydrogen) atoms. The minimum atomic E-state index is -4.31. The summed E-state index contributed by atoms with van der Waals surface area (Å²) in [5.41, 5.74) is -0.0648. The molecule has 1 aromatic rings. The highest BCUT2D eigenvalue weighted by Gasteiger charge is 2.29. The quantitative estimate of drug-likeness (QED) is 0.758. The van der Waals surface area contributed by atoms with Gasteiger partial charge >= 0.3 is 6.18 Å². The van der Waals surface area contributed by atoms with E-state index in [0.717, 1.165) is 12.1 Å². The molecule has 0 aromatic heterocycles. The first-order chi connectivity index (χ1) is 6.93. The van der Waals surface area contributed by atoms with Crippen LogP contribution in [0, 0.1) is 0 Å². The highest BCUT2D eigenvalue weighted by atomic mass is 19.4. The number of Topliss-reactive ketones (excluding diaryl/α,β-unsaturated/α-hetero) is 1. The second kappa shape index (κ2) is 4.47. The first kappa shape index (κ1) is 11.8. The van der Waals surface area contributed by atoms with Crippen LogP contribution in [0.3, 0.4) is 0 Å². The van der Waals surface area contributed by atoms with Gasteiger partial charge in [-0.3, -0.25) is 4.79 Å². The van der Waals surface area contributed by atoms with Crippen molar-refractivity contribution in [1.29, 1.82) is 0 Å². The van der Waals surface area contributed by atoms with Crippen LogP contribution in [0.2, 0.25) is 0 Å². The summed E-state index contributed by atoms with van der Waals surface area (Å²) in [5, 5.41) is 0. The van der Waals surface area contributed by atoms with Gasteiger partial charge in [0.25, 0.3) is 0 Å². The monoisotopic (exact) mass is 216 g/mol. The average Bonchev–Trinajstić information content (AvgIpc) is 2.17. The topological polar surface area (TPSA) is 17.1 Å². The molecule has 0 bridgehead atoms. The average molecular weight is 216 g/mol. The zero-order valence-corrected chi connectivity index (χ0v) is 8.27. The van der Waals surface area contributed by atoms with Gasteiger partial charge in [-0.05, 0) is 17.7 Å². The van der Waals surface area contributed by atoms with Gasteiger partial charge in [-0.2, -0.15) is 13.2 Å². The van der Waals surface area contributed by atoms with Crippen LogP contribution in [0.25, 0.3) is 0 Å². The van der Waals surface area contributed by atoms with E-state index in [1.54, 1.807) is 6.92 Å². The molecule has 0 aliphatic heterocycles. The van der Waals surface area contributed by atoms with Crippen molar-refractivity contribution in [2.75, 3.05) is 0 Å². The lowest BCUT2D eigenvalue weighted by atomic mass is 10.1. The summed E-state index contributed by atoms with van der Waals surface area (Å²) in [6.07, 6.45) is -3.71. The van der Waals surface area contributed by atoms with Crippen LogP contribution in [0.15, 0.2) is 24.3 Å². The van der Waals surface area contributed by atoms with Crippen LogP contribution in [-0.2, 0) is 17.4 Å². The largest absolute Gasteiger partial charge is 0.416 e. The van der Waals surface area contributed by atoms with Crippen LogP contribution in [0.1, 0.15) is 24.5 Å². The summed E-state index contributed by atoms with van der Waals surface area (Å²) in [7, 11) is 0. The summed E-state index contributed by atoms with van der Waals surface area (Å²) in [6.45, 7) is 1.73. The molecule has 0 fully saturated rings. The zero-order valence-electron chi connectivity index (χ0n) is 8.27. The Morgan fingerprint density at radius 3 is 2.13 bits per heavy atom. The number of ketones is 1. The smallest absolute Gasteiger partial charge is 0.299 e. The molecule has 1 aromatic carbocycles. The summed E-state index contributed by atoms with van der Waals surface area (Å²) >= 11 is 0. The van der Waals surface area contributed by atoms with Crippen LogP contribution in [0.4, 0.5) is 13.2 Å². The molecule has 0 amide bonds. The number of benzene rings is 1. The fraction of sp³-hybridized carbons (Fsp3) is 0.364. The standard InChI is InChI=1S/C11H11F3O/c1-2-10(15)7-8-3-5-9(6-4-8)11(12,13)14/h3-6H,2,7H2,1H3. The van der Waals surface area contributed by atoms with Gasteiger partial charge in [0.1, 0.15) is 5.78 Å². The van der Waals surface area contributed by atoms with Crippen LogP contribution >= 0.6 is 0 Å². The van der Waals surface area contributed by atoms with Gasteiger partial charge in [0, 0.05) is 12.8 Å². The molecule has 0 unspecified atom stereocenters. The van der Waals surface area contributed by atoms with E-state index in [1.165, 1.54) is 12.1 Å². The van der Waals surface area contributed by atoms with E-state index < -0.39 is 11.7 Å². The normalized spacial score (nSPS) is 11.5. The Kier molecular flexibility index (Phi) is 3.50. The predicted octanol–water partition coefficient (Wildman–Crippen LogP) is 3.23. The Morgan fingerprint density at radius 1 is 1.20 bits per heavy atom. The van der Waals surface area contributed by atoms with Crippen molar-refractivity contribution in [2.24, 2.45) is 0 Å². The lowest BCUT2D eigenvalue weighted by Crippen LogP contribution is -2.05. The molecule has 0 N–H and O–H groups in total. The molecule has 4 heteroatoms. The zero-order chi connectivity index (χ0) is 11.5. The molecule has 82 valence electrons. The molecule has 1 nitrogen and oxygen atoms in total. The molecular weight excluding hydrogens is 205 g/mol. The Balaban J connectivity index is 2.77. The fourth-order valence-electron chi connectivity index (χ4n) is 1.16. The minimum Gasteiger partial charge on any atom is -0.299 e. The second-order valence-corrected chi connectivity index (χ2v) is 3.26. The predicted molar refractivity (Wildman–Crippen MR) is 50.4 cm³/mol. The van der Waals surface area contributed by atoms with Crippen molar-refractivity contribution in [3.8, 4) is 0 Å². The lowest BCUT2D eigenvalue weighted by molar-refractivity contribution is -0.137. The van der Waals surface area contributed by atoms with Crippen molar-refractivity contribution in [3.05, 3.63) is 35.4 Å². The lowest BCUT2D eigenvalue weighted by Gasteiger charge is -2.06. The number of carbonyl (C=O) groups is 1. The number of alkyl halides is 3. The van der Waals surface area contributed by atoms with Gasteiger partial charge in [0.2, 0.25) is 0 Å². The highest BCUT2D eigenvalue weighted by Crippen LogP contribution is 2.29. The molecule has 0 spiro atoms. The number of carbonyl (C=O) groups excluding carboxylic acids is 1. The van der Waals surface area contributed by atoms with Gasteiger partial charge in [0.15, 0.2) is 0 Å². The van der Waals surface area contributed by atoms with Crippen molar-refractivity contribution >= 4 is 5.78 Å². The number of rotatable bonds is 3. The Hall–Kier alpha value is -1.32. The van der Waals surface area contributed by atoms with Crippen molar-refractivity contribution < 1.29 is 18.0 Å². The molecule has 0 atom stereocenters. The van der Waals surface area contributed by atoms with Gasteiger partial charge in [-0.15, -0.1) is 0 Å². The van der Waals surface area contributed by atoms with Crippen molar-refractivity contribution in [3.63, 3.8) is 0 Å². The van der Waals surface area contributed by atoms with E-state index in [-0.39, 0.29) is 12.2 Å². The number of hydrogen-bond donors (Lipinski definition) is 0. The van der Waals surface area contributed by atoms with Crippen LogP contribution < -0.4 is 0 Å². The maximum Gasteiger partial charge on any atom is 0.416 e. The maximum atomic E-state index is 12.2. The summed E-state index contributed by atoms with van der Waals surface area (Å²) in [5.74, 6) is 0.0229. The maximum absolute atomic E-state index is 12.2. The van der Waals surface area contributed by atoms with E-state index in [2.05, 4.69) is 0 Å². The second-order valence-electron chi connectivity index (χ2n) is 3.26. The summed E-state index contributed by atoms with van der Waals surface area (Å²) in [6, 6.07) is 4.68. The third kappa shape index (κ3) is 3.38. The molecule has 0 aliphatic rings. The Morgan fingerprint density at radius 2 is 1.73 bits per heavy atom. The number of halogens is 3. The molecule has 0 radical (unpaired) electrons. The van der Waals surface area contributed by atoms with E-state index in [4.69, 9.17) is 0 Å². The molecule has 0 heterocycles. The van der Waals surface area contributed by atoms with E-state index >= 15 is 0 Å². The van der Waals surface area contributed by atoms with E-state index in [1.807, 2.05) is 0 Å². The third-order valence-corrected chi connectivity index (χ3v) is 2.08. The van der Waals surface area contributed by atoms with Crippen molar-refractivity contribution in [2.45, 2.75) is 25.9 Å². The van der Waals surface area contributed by atoms with E-state index in [0.29, 0.717) is 12.0 Å². The van der Waals surface area contributed by atoms with Gasteiger partial charge in [0.05, 0.1) is 5.56 Å².